The van der Waals surface area contributed by atoms with E-state index in [9.17, 15) is 4.79 Å². The Kier molecular flexibility index (Phi) is 4.76. The van der Waals surface area contributed by atoms with Gasteiger partial charge in [0.1, 0.15) is 12.7 Å². The zero-order valence-electron chi connectivity index (χ0n) is 10.0. The second kappa shape index (κ2) is 6.54. The van der Waals surface area contributed by atoms with E-state index in [4.69, 9.17) is 23.2 Å². The number of halogens is 2. The Labute approximate surface area is 120 Å². The van der Waals surface area contributed by atoms with E-state index in [0.29, 0.717) is 28.7 Å². The lowest BCUT2D eigenvalue weighted by atomic mass is 10.2. The van der Waals surface area contributed by atoms with Gasteiger partial charge < -0.3 is 5.32 Å². The second-order valence-corrected chi connectivity index (χ2v) is 4.71. The molecule has 1 aromatic heterocycles. The quantitative estimate of drug-likeness (QED) is 0.862. The van der Waals surface area contributed by atoms with Crippen LogP contribution in [0.15, 0.2) is 30.9 Å². The van der Waals surface area contributed by atoms with E-state index in [0.717, 1.165) is 6.42 Å². The van der Waals surface area contributed by atoms with Crippen molar-refractivity contribution in [2.45, 2.75) is 13.0 Å². The Hall–Kier alpha value is -1.59. The first-order chi connectivity index (χ1) is 9.16. The number of aromatic nitrogens is 3. The Bertz CT molecular complexity index is 557. The van der Waals surface area contributed by atoms with Crippen LogP contribution >= 0.6 is 23.2 Å². The van der Waals surface area contributed by atoms with E-state index in [2.05, 4.69) is 15.4 Å². The van der Waals surface area contributed by atoms with E-state index >= 15 is 0 Å². The van der Waals surface area contributed by atoms with Gasteiger partial charge in [-0.3, -0.25) is 9.48 Å². The van der Waals surface area contributed by atoms with Gasteiger partial charge in [-0.05, 0) is 24.6 Å². The highest BCUT2D eigenvalue weighted by atomic mass is 35.5. The largest absolute Gasteiger partial charge is 0.352 e. The van der Waals surface area contributed by atoms with Gasteiger partial charge in [0.2, 0.25) is 0 Å². The van der Waals surface area contributed by atoms with Gasteiger partial charge >= 0.3 is 0 Å². The van der Waals surface area contributed by atoms with Crippen molar-refractivity contribution in [1.29, 1.82) is 0 Å². The summed E-state index contributed by atoms with van der Waals surface area (Å²) in [5, 5.41) is 7.59. The van der Waals surface area contributed by atoms with Gasteiger partial charge in [-0.15, -0.1) is 0 Å². The second-order valence-electron chi connectivity index (χ2n) is 3.90. The predicted molar refractivity (Wildman–Crippen MR) is 73.4 cm³/mol. The average Bonchev–Trinajstić information content (AvgIpc) is 2.91. The minimum Gasteiger partial charge on any atom is -0.352 e. The van der Waals surface area contributed by atoms with Gasteiger partial charge in [-0.2, -0.15) is 5.10 Å². The first kappa shape index (κ1) is 13.8. The van der Waals surface area contributed by atoms with Gasteiger partial charge in [0.25, 0.3) is 5.91 Å². The van der Waals surface area contributed by atoms with Crippen LogP contribution in [0.5, 0.6) is 0 Å². The molecule has 0 saturated heterocycles. The number of nitrogens with one attached hydrogen (secondary N) is 1. The van der Waals surface area contributed by atoms with E-state index < -0.39 is 0 Å². The summed E-state index contributed by atoms with van der Waals surface area (Å²) in [6.07, 6.45) is 3.89. The van der Waals surface area contributed by atoms with Crippen LogP contribution < -0.4 is 5.32 Å². The molecule has 2 aromatic rings. The van der Waals surface area contributed by atoms with Crippen LogP contribution in [0.4, 0.5) is 0 Å². The maximum atomic E-state index is 11.8. The summed E-state index contributed by atoms with van der Waals surface area (Å²) in [5.74, 6) is -0.169. The zero-order chi connectivity index (χ0) is 13.7. The topological polar surface area (TPSA) is 59.8 Å². The molecule has 0 aliphatic heterocycles. The molecule has 100 valence electrons. The standard InChI is InChI=1S/C12H12Cl2N4O/c13-10-3-2-9(6-11(10)14)12(19)16-4-1-5-18-8-15-7-17-18/h2-3,6-8H,1,4-5H2,(H,16,19). The SMILES string of the molecule is O=C(NCCCn1cncn1)c1ccc(Cl)c(Cl)c1. The Balaban J connectivity index is 1.79. The van der Waals surface area contributed by atoms with Crippen LogP contribution in [0.1, 0.15) is 16.8 Å². The fraction of sp³-hybridized carbons (Fsp3) is 0.250. The third kappa shape index (κ3) is 3.94. The van der Waals surface area contributed by atoms with E-state index in [1.807, 2.05) is 0 Å². The molecule has 1 N–H and O–H groups in total. The van der Waals surface area contributed by atoms with Crippen molar-refractivity contribution in [3.05, 3.63) is 46.5 Å². The van der Waals surface area contributed by atoms with Crippen molar-refractivity contribution < 1.29 is 4.79 Å². The normalized spacial score (nSPS) is 10.4. The number of benzene rings is 1. The van der Waals surface area contributed by atoms with E-state index in [-0.39, 0.29) is 5.91 Å². The number of aryl methyl sites for hydroxylation is 1. The molecule has 2 rings (SSSR count). The van der Waals surface area contributed by atoms with Crippen molar-refractivity contribution in [3.63, 3.8) is 0 Å². The molecule has 0 saturated carbocycles. The van der Waals surface area contributed by atoms with Gasteiger partial charge in [-0.25, -0.2) is 4.98 Å². The molecule has 19 heavy (non-hydrogen) atoms. The molecule has 0 atom stereocenters. The molecule has 0 radical (unpaired) electrons. The fourth-order valence-electron chi connectivity index (χ4n) is 1.53. The molecule has 1 aromatic carbocycles. The monoisotopic (exact) mass is 298 g/mol. The highest BCUT2D eigenvalue weighted by Gasteiger charge is 2.07. The minimum atomic E-state index is -0.169. The summed E-state index contributed by atoms with van der Waals surface area (Å²) in [4.78, 5) is 15.7. The zero-order valence-corrected chi connectivity index (χ0v) is 11.5. The molecule has 0 spiro atoms. The molecule has 0 fully saturated rings. The summed E-state index contributed by atoms with van der Waals surface area (Å²) in [6, 6.07) is 4.80. The van der Waals surface area contributed by atoms with Crippen molar-refractivity contribution in [1.82, 2.24) is 20.1 Å². The number of amides is 1. The maximum Gasteiger partial charge on any atom is 0.251 e. The fourth-order valence-corrected chi connectivity index (χ4v) is 1.83. The predicted octanol–water partition coefficient (Wildman–Crippen LogP) is 2.41. The highest BCUT2D eigenvalue weighted by Crippen LogP contribution is 2.22. The Morgan fingerprint density at radius 3 is 2.84 bits per heavy atom. The van der Waals surface area contributed by atoms with Crippen LogP contribution in [-0.2, 0) is 6.54 Å². The summed E-state index contributed by atoms with van der Waals surface area (Å²) in [6.45, 7) is 1.26. The molecule has 0 aliphatic carbocycles. The van der Waals surface area contributed by atoms with Crippen LogP contribution in [-0.4, -0.2) is 27.2 Å². The Morgan fingerprint density at radius 1 is 1.32 bits per heavy atom. The van der Waals surface area contributed by atoms with Crippen molar-refractivity contribution in [2.24, 2.45) is 0 Å². The summed E-state index contributed by atoms with van der Waals surface area (Å²) < 4.78 is 1.71. The molecule has 0 bridgehead atoms. The number of carbonyl (C=O) groups is 1. The third-order valence-electron chi connectivity index (χ3n) is 2.50. The molecule has 1 heterocycles. The average molecular weight is 299 g/mol. The molecule has 1 amide bonds. The first-order valence-electron chi connectivity index (χ1n) is 5.72. The van der Waals surface area contributed by atoms with E-state index in [1.165, 1.54) is 6.33 Å². The van der Waals surface area contributed by atoms with Crippen molar-refractivity contribution in [2.75, 3.05) is 6.54 Å². The molecule has 0 unspecified atom stereocenters. The number of hydrogen-bond donors (Lipinski definition) is 1. The van der Waals surface area contributed by atoms with Crippen LogP contribution in [0.2, 0.25) is 10.0 Å². The molecular formula is C12H12Cl2N4O. The van der Waals surface area contributed by atoms with Crippen molar-refractivity contribution in [3.8, 4) is 0 Å². The first-order valence-corrected chi connectivity index (χ1v) is 6.48. The minimum absolute atomic E-state index is 0.169. The number of hydrogen-bond acceptors (Lipinski definition) is 3. The lowest BCUT2D eigenvalue weighted by molar-refractivity contribution is 0.0952. The van der Waals surface area contributed by atoms with Gasteiger partial charge in [0, 0.05) is 18.7 Å². The number of nitrogens with zero attached hydrogens (tertiary/aromatic N) is 3. The number of carbonyl (C=O) groups excluding carboxylic acids is 1. The van der Waals surface area contributed by atoms with Crippen LogP contribution in [0.25, 0.3) is 0 Å². The number of rotatable bonds is 5. The van der Waals surface area contributed by atoms with Gasteiger partial charge in [-0.1, -0.05) is 23.2 Å². The van der Waals surface area contributed by atoms with Crippen molar-refractivity contribution >= 4 is 29.1 Å². The molecule has 0 aliphatic rings. The molecule has 5 nitrogen and oxygen atoms in total. The molecular weight excluding hydrogens is 287 g/mol. The van der Waals surface area contributed by atoms with E-state index in [1.54, 1.807) is 29.2 Å². The van der Waals surface area contributed by atoms with Gasteiger partial charge in [0.05, 0.1) is 10.0 Å². The lowest BCUT2D eigenvalue weighted by Crippen LogP contribution is -2.25. The van der Waals surface area contributed by atoms with Crippen LogP contribution in [0, 0.1) is 0 Å². The Morgan fingerprint density at radius 2 is 2.16 bits per heavy atom. The highest BCUT2D eigenvalue weighted by molar-refractivity contribution is 6.42. The smallest absolute Gasteiger partial charge is 0.251 e. The van der Waals surface area contributed by atoms with Crippen LogP contribution in [0.3, 0.4) is 0 Å². The van der Waals surface area contributed by atoms with Gasteiger partial charge in [0.15, 0.2) is 0 Å². The maximum absolute atomic E-state index is 11.8. The summed E-state index contributed by atoms with van der Waals surface area (Å²) >= 11 is 11.6. The molecule has 7 heteroatoms. The lowest BCUT2D eigenvalue weighted by Gasteiger charge is -2.06. The summed E-state index contributed by atoms with van der Waals surface area (Å²) in [5.41, 5.74) is 0.496. The summed E-state index contributed by atoms with van der Waals surface area (Å²) in [7, 11) is 0. The third-order valence-corrected chi connectivity index (χ3v) is 3.24.